The Morgan fingerprint density at radius 3 is 2.69 bits per heavy atom. The van der Waals surface area contributed by atoms with E-state index in [4.69, 9.17) is 9.47 Å². The first-order valence-electron chi connectivity index (χ1n) is 6.38. The molecule has 16 heavy (non-hydrogen) atoms. The molecule has 0 radical (unpaired) electrons. The second-order valence-corrected chi connectivity index (χ2v) is 4.45. The molecule has 2 atom stereocenters. The van der Waals surface area contributed by atoms with E-state index in [1.165, 1.54) is 12.8 Å². The van der Waals surface area contributed by atoms with Gasteiger partial charge in [0.25, 0.3) is 0 Å². The van der Waals surface area contributed by atoms with Gasteiger partial charge in [0.05, 0.1) is 18.8 Å². The summed E-state index contributed by atoms with van der Waals surface area (Å²) >= 11 is 0. The SMILES string of the molecule is COCCNCCCNCC1CCC(C)O1. The van der Waals surface area contributed by atoms with Crippen LogP contribution < -0.4 is 10.6 Å². The highest BCUT2D eigenvalue weighted by Crippen LogP contribution is 2.17. The van der Waals surface area contributed by atoms with Gasteiger partial charge in [-0.1, -0.05) is 0 Å². The molecule has 1 saturated heterocycles. The Labute approximate surface area is 99.1 Å². The maximum atomic E-state index is 5.73. The van der Waals surface area contributed by atoms with Crippen LogP contribution in [0.4, 0.5) is 0 Å². The van der Waals surface area contributed by atoms with Gasteiger partial charge in [-0.25, -0.2) is 0 Å². The van der Waals surface area contributed by atoms with E-state index in [1.807, 2.05) is 0 Å². The summed E-state index contributed by atoms with van der Waals surface area (Å²) in [5, 5.41) is 6.77. The lowest BCUT2D eigenvalue weighted by molar-refractivity contribution is 0.0561. The van der Waals surface area contributed by atoms with Crippen molar-refractivity contribution in [3.63, 3.8) is 0 Å². The summed E-state index contributed by atoms with van der Waals surface area (Å²) in [6, 6.07) is 0. The maximum Gasteiger partial charge on any atom is 0.0704 e. The standard InChI is InChI=1S/C12H26N2O2/c1-11-4-5-12(16-11)10-14-7-3-6-13-8-9-15-2/h11-14H,3-10H2,1-2H3. The Hall–Kier alpha value is -0.160. The molecule has 1 aliphatic rings. The maximum absolute atomic E-state index is 5.73. The van der Waals surface area contributed by atoms with E-state index in [0.717, 1.165) is 39.2 Å². The molecule has 1 rings (SSSR count). The third-order valence-electron chi connectivity index (χ3n) is 2.88. The lowest BCUT2D eigenvalue weighted by Gasteiger charge is -2.12. The van der Waals surface area contributed by atoms with Gasteiger partial charge in [0.15, 0.2) is 0 Å². The van der Waals surface area contributed by atoms with Gasteiger partial charge in [-0.15, -0.1) is 0 Å². The Bertz CT molecular complexity index is 167. The van der Waals surface area contributed by atoms with Crippen molar-refractivity contribution < 1.29 is 9.47 Å². The molecule has 4 heteroatoms. The number of nitrogens with one attached hydrogen (secondary N) is 2. The van der Waals surface area contributed by atoms with Gasteiger partial charge in [-0.3, -0.25) is 0 Å². The predicted molar refractivity (Wildman–Crippen MR) is 65.8 cm³/mol. The molecule has 1 aliphatic heterocycles. The molecule has 2 unspecified atom stereocenters. The van der Waals surface area contributed by atoms with E-state index < -0.39 is 0 Å². The second kappa shape index (κ2) is 8.93. The van der Waals surface area contributed by atoms with Crippen LogP contribution in [-0.2, 0) is 9.47 Å². The third-order valence-corrected chi connectivity index (χ3v) is 2.88. The average Bonchev–Trinajstić information content (AvgIpc) is 2.68. The van der Waals surface area contributed by atoms with Crippen LogP contribution in [0.3, 0.4) is 0 Å². The van der Waals surface area contributed by atoms with Crippen molar-refractivity contribution in [3.8, 4) is 0 Å². The topological polar surface area (TPSA) is 42.5 Å². The zero-order valence-electron chi connectivity index (χ0n) is 10.6. The number of methoxy groups -OCH3 is 1. The zero-order valence-corrected chi connectivity index (χ0v) is 10.6. The molecule has 0 amide bonds. The summed E-state index contributed by atoms with van der Waals surface area (Å²) in [6.07, 6.45) is 4.48. The summed E-state index contributed by atoms with van der Waals surface area (Å²) in [5.74, 6) is 0. The highest BCUT2D eigenvalue weighted by atomic mass is 16.5. The van der Waals surface area contributed by atoms with Crippen molar-refractivity contribution in [1.29, 1.82) is 0 Å². The molecule has 0 aromatic carbocycles. The predicted octanol–water partition coefficient (Wildman–Crippen LogP) is 0.770. The summed E-state index contributed by atoms with van der Waals surface area (Å²) < 4.78 is 10.7. The van der Waals surface area contributed by atoms with Crippen LogP contribution in [0, 0.1) is 0 Å². The Balaban J connectivity index is 1.78. The molecule has 1 heterocycles. The fraction of sp³-hybridized carbons (Fsp3) is 1.00. The molecule has 0 aromatic heterocycles. The van der Waals surface area contributed by atoms with Crippen molar-refractivity contribution in [2.75, 3.05) is 39.9 Å². The third kappa shape index (κ3) is 6.43. The van der Waals surface area contributed by atoms with Gasteiger partial charge in [0.2, 0.25) is 0 Å². The Morgan fingerprint density at radius 1 is 1.19 bits per heavy atom. The lowest BCUT2D eigenvalue weighted by atomic mass is 10.2. The summed E-state index contributed by atoms with van der Waals surface area (Å²) in [6.45, 7) is 7.01. The summed E-state index contributed by atoms with van der Waals surface area (Å²) in [4.78, 5) is 0. The molecule has 0 spiro atoms. The molecule has 4 nitrogen and oxygen atoms in total. The number of hydrogen-bond donors (Lipinski definition) is 2. The van der Waals surface area contributed by atoms with Crippen LogP contribution >= 0.6 is 0 Å². The van der Waals surface area contributed by atoms with Gasteiger partial charge in [0.1, 0.15) is 0 Å². The lowest BCUT2D eigenvalue weighted by Crippen LogP contribution is -2.30. The largest absolute Gasteiger partial charge is 0.383 e. The van der Waals surface area contributed by atoms with Gasteiger partial charge >= 0.3 is 0 Å². The molecule has 2 N–H and O–H groups in total. The van der Waals surface area contributed by atoms with Crippen molar-refractivity contribution in [3.05, 3.63) is 0 Å². The zero-order chi connectivity index (χ0) is 11.6. The first kappa shape index (κ1) is 13.9. The van der Waals surface area contributed by atoms with Gasteiger partial charge < -0.3 is 20.1 Å². The van der Waals surface area contributed by atoms with Crippen LogP contribution in [0.2, 0.25) is 0 Å². The van der Waals surface area contributed by atoms with Crippen molar-refractivity contribution in [2.45, 2.75) is 38.4 Å². The fourth-order valence-electron chi connectivity index (χ4n) is 1.94. The van der Waals surface area contributed by atoms with E-state index in [-0.39, 0.29) is 0 Å². The van der Waals surface area contributed by atoms with E-state index >= 15 is 0 Å². The van der Waals surface area contributed by atoms with Gasteiger partial charge in [0, 0.05) is 20.2 Å². The smallest absolute Gasteiger partial charge is 0.0704 e. The van der Waals surface area contributed by atoms with Crippen LogP contribution in [0.5, 0.6) is 0 Å². The minimum atomic E-state index is 0.441. The van der Waals surface area contributed by atoms with E-state index in [1.54, 1.807) is 7.11 Å². The number of rotatable bonds is 9. The van der Waals surface area contributed by atoms with Crippen LogP contribution in [0.25, 0.3) is 0 Å². The summed E-state index contributed by atoms with van der Waals surface area (Å²) in [5.41, 5.74) is 0. The minimum absolute atomic E-state index is 0.441. The second-order valence-electron chi connectivity index (χ2n) is 4.45. The van der Waals surface area contributed by atoms with Crippen LogP contribution in [-0.4, -0.2) is 52.1 Å². The monoisotopic (exact) mass is 230 g/mol. The number of ether oxygens (including phenoxy) is 2. The van der Waals surface area contributed by atoms with Crippen LogP contribution in [0.15, 0.2) is 0 Å². The van der Waals surface area contributed by atoms with Crippen molar-refractivity contribution >= 4 is 0 Å². The molecule has 0 saturated carbocycles. The van der Waals surface area contributed by atoms with E-state index in [2.05, 4.69) is 17.6 Å². The van der Waals surface area contributed by atoms with E-state index in [9.17, 15) is 0 Å². The molecule has 0 bridgehead atoms. The van der Waals surface area contributed by atoms with E-state index in [0.29, 0.717) is 12.2 Å². The first-order valence-corrected chi connectivity index (χ1v) is 6.38. The molecule has 0 aliphatic carbocycles. The minimum Gasteiger partial charge on any atom is -0.383 e. The Kier molecular flexibility index (Phi) is 7.76. The Morgan fingerprint density at radius 2 is 2.00 bits per heavy atom. The summed E-state index contributed by atoms with van der Waals surface area (Å²) in [7, 11) is 1.73. The molecular weight excluding hydrogens is 204 g/mol. The molecule has 1 fully saturated rings. The van der Waals surface area contributed by atoms with Crippen molar-refractivity contribution in [1.82, 2.24) is 10.6 Å². The highest BCUT2D eigenvalue weighted by molar-refractivity contribution is 4.72. The fourth-order valence-corrected chi connectivity index (χ4v) is 1.94. The molecule has 96 valence electrons. The number of hydrogen-bond acceptors (Lipinski definition) is 4. The quantitative estimate of drug-likeness (QED) is 0.574. The normalized spacial score (nSPS) is 25.1. The van der Waals surface area contributed by atoms with Crippen LogP contribution in [0.1, 0.15) is 26.2 Å². The highest BCUT2D eigenvalue weighted by Gasteiger charge is 2.20. The average molecular weight is 230 g/mol. The first-order chi connectivity index (χ1) is 7.83. The van der Waals surface area contributed by atoms with Gasteiger partial charge in [-0.2, -0.15) is 0 Å². The van der Waals surface area contributed by atoms with Crippen molar-refractivity contribution in [2.24, 2.45) is 0 Å². The molecule has 0 aromatic rings. The van der Waals surface area contributed by atoms with Gasteiger partial charge in [-0.05, 0) is 39.3 Å². The molecular formula is C12H26N2O2.